The topological polar surface area (TPSA) is 63.6 Å². The normalized spacial score (nSPS) is 22.9. The average Bonchev–Trinajstić information content (AvgIpc) is 2.64. The highest BCUT2D eigenvalue weighted by atomic mass is 35.5. The van der Waals surface area contributed by atoms with Gasteiger partial charge in [0.2, 0.25) is 0 Å². The summed E-state index contributed by atoms with van der Waals surface area (Å²) >= 11 is 5.85. The largest absolute Gasteiger partial charge is 0.463 e. The van der Waals surface area contributed by atoms with E-state index in [9.17, 15) is 9.59 Å². The highest BCUT2D eigenvalue weighted by Gasteiger charge is 2.35. The molecule has 0 aromatic heterocycles. The van der Waals surface area contributed by atoms with Crippen LogP contribution in [0.4, 0.5) is 0 Å². The second-order valence-electron chi connectivity index (χ2n) is 4.41. The van der Waals surface area contributed by atoms with Gasteiger partial charge in [-0.3, -0.25) is 9.59 Å². The molecule has 0 radical (unpaired) electrons. The van der Waals surface area contributed by atoms with Crippen LogP contribution in [0.1, 0.15) is 26.2 Å². The number of carbonyl (C=O) groups excluding carboxylic acids is 2. The summed E-state index contributed by atoms with van der Waals surface area (Å²) in [5, 5.41) is 8.79. The van der Waals surface area contributed by atoms with Crippen molar-refractivity contribution in [3.05, 3.63) is 23.3 Å². The monoisotopic (exact) mass is 286 g/mol. The minimum absolute atomic E-state index is 0.0165. The van der Waals surface area contributed by atoms with Crippen LogP contribution in [0.15, 0.2) is 23.3 Å². The Labute approximate surface area is 118 Å². The Bertz CT molecular complexity index is 387. The number of hydrogen-bond donors (Lipinski definition) is 1. The van der Waals surface area contributed by atoms with Crippen LogP contribution in [0.25, 0.3) is 0 Å². The summed E-state index contributed by atoms with van der Waals surface area (Å²) in [6.07, 6.45) is 7.17. The fraction of sp³-hybridized carbons (Fsp3) is 0.571. The third-order valence-corrected chi connectivity index (χ3v) is 3.31. The van der Waals surface area contributed by atoms with Crippen LogP contribution in [0.3, 0.4) is 0 Å². The van der Waals surface area contributed by atoms with Gasteiger partial charge in [0.05, 0.1) is 18.1 Å². The van der Waals surface area contributed by atoms with Crippen molar-refractivity contribution in [2.75, 3.05) is 13.2 Å². The molecule has 1 N–H and O–H groups in total. The maximum absolute atomic E-state index is 11.9. The van der Waals surface area contributed by atoms with Crippen molar-refractivity contribution >= 4 is 23.4 Å². The molecule has 0 saturated carbocycles. The van der Waals surface area contributed by atoms with E-state index >= 15 is 0 Å². The van der Waals surface area contributed by atoms with Gasteiger partial charge in [-0.2, -0.15) is 0 Å². The van der Waals surface area contributed by atoms with Crippen molar-refractivity contribution in [3.63, 3.8) is 0 Å². The highest BCUT2D eigenvalue weighted by molar-refractivity contribution is 6.43. The summed E-state index contributed by atoms with van der Waals surface area (Å²) in [6.45, 7) is 1.80. The van der Waals surface area contributed by atoms with Crippen molar-refractivity contribution in [3.8, 4) is 0 Å². The lowest BCUT2D eigenvalue weighted by molar-refractivity contribution is -0.145. The number of hydrogen-bond acceptors (Lipinski definition) is 4. The fourth-order valence-corrected chi connectivity index (χ4v) is 2.36. The molecule has 1 aliphatic rings. The Morgan fingerprint density at radius 2 is 2.26 bits per heavy atom. The molecule has 0 bridgehead atoms. The first kappa shape index (κ1) is 15.9. The SMILES string of the molecule is CC/C=C\CC1C(=O)C(Cl)=CC1CC(=O)OCCO. The van der Waals surface area contributed by atoms with E-state index in [4.69, 9.17) is 21.4 Å². The first-order chi connectivity index (χ1) is 9.10. The molecule has 2 unspecified atom stereocenters. The van der Waals surface area contributed by atoms with Gasteiger partial charge < -0.3 is 9.84 Å². The van der Waals surface area contributed by atoms with Crippen LogP contribution in [0.2, 0.25) is 0 Å². The Morgan fingerprint density at radius 3 is 2.89 bits per heavy atom. The second kappa shape index (κ2) is 8.12. The first-order valence-corrected chi connectivity index (χ1v) is 6.81. The second-order valence-corrected chi connectivity index (χ2v) is 4.82. The van der Waals surface area contributed by atoms with E-state index in [0.717, 1.165) is 6.42 Å². The summed E-state index contributed by atoms with van der Waals surface area (Å²) in [4.78, 5) is 23.4. The summed E-state index contributed by atoms with van der Waals surface area (Å²) in [7, 11) is 0. The molecule has 1 aliphatic carbocycles. The van der Waals surface area contributed by atoms with Gasteiger partial charge in [-0.15, -0.1) is 0 Å². The van der Waals surface area contributed by atoms with Gasteiger partial charge in [-0.05, 0) is 18.8 Å². The highest BCUT2D eigenvalue weighted by Crippen LogP contribution is 2.34. The quantitative estimate of drug-likeness (QED) is 0.576. The summed E-state index contributed by atoms with van der Waals surface area (Å²) in [5.74, 6) is -1.02. The molecule has 19 heavy (non-hydrogen) atoms. The van der Waals surface area contributed by atoms with Crippen LogP contribution in [0.5, 0.6) is 0 Å². The third kappa shape index (κ3) is 4.80. The van der Waals surface area contributed by atoms with Gasteiger partial charge in [0.15, 0.2) is 5.78 Å². The minimum Gasteiger partial charge on any atom is -0.463 e. The van der Waals surface area contributed by atoms with E-state index in [0.29, 0.717) is 6.42 Å². The summed E-state index contributed by atoms with van der Waals surface area (Å²) < 4.78 is 4.81. The number of esters is 1. The zero-order valence-electron chi connectivity index (χ0n) is 11.0. The van der Waals surface area contributed by atoms with E-state index in [1.54, 1.807) is 6.08 Å². The fourth-order valence-electron chi connectivity index (χ4n) is 2.06. The predicted octanol–water partition coefficient (Wildman–Crippen LogP) is 2.21. The molecule has 0 aromatic carbocycles. The van der Waals surface area contributed by atoms with Crippen LogP contribution < -0.4 is 0 Å². The standard InChI is InChI=1S/C14H19ClO4/c1-2-3-4-5-11-10(8-12(15)14(11)18)9-13(17)19-7-6-16/h3-4,8,10-11,16H,2,5-7,9H2,1H3/b4-3-. The van der Waals surface area contributed by atoms with Gasteiger partial charge in [-0.1, -0.05) is 36.8 Å². The molecule has 4 nitrogen and oxygen atoms in total. The number of ether oxygens (including phenoxy) is 1. The third-order valence-electron chi connectivity index (χ3n) is 3.00. The summed E-state index contributed by atoms with van der Waals surface area (Å²) in [5.41, 5.74) is 0. The van der Waals surface area contributed by atoms with E-state index in [1.165, 1.54) is 0 Å². The average molecular weight is 287 g/mol. The van der Waals surface area contributed by atoms with Gasteiger partial charge in [0, 0.05) is 5.92 Å². The van der Waals surface area contributed by atoms with E-state index < -0.39 is 5.97 Å². The zero-order valence-corrected chi connectivity index (χ0v) is 11.7. The Balaban J connectivity index is 2.60. The van der Waals surface area contributed by atoms with Gasteiger partial charge in [0.25, 0.3) is 0 Å². The lowest BCUT2D eigenvalue weighted by Crippen LogP contribution is -2.20. The van der Waals surface area contributed by atoms with Crippen molar-refractivity contribution < 1.29 is 19.4 Å². The molecule has 1 rings (SSSR count). The smallest absolute Gasteiger partial charge is 0.306 e. The molecule has 106 valence electrons. The van der Waals surface area contributed by atoms with Crippen molar-refractivity contribution in [2.45, 2.75) is 26.2 Å². The molecular weight excluding hydrogens is 268 g/mol. The van der Waals surface area contributed by atoms with Crippen molar-refractivity contribution in [1.82, 2.24) is 0 Å². The minimum atomic E-state index is -0.418. The zero-order chi connectivity index (χ0) is 14.3. The van der Waals surface area contributed by atoms with Crippen LogP contribution >= 0.6 is 11.6 Å². The Kier molecular flexibility index (Phi) is 6.81. The summed E-state index contributed by atoms with van der Waals surface area (Å²) in [6, 6.07) is 0. The van der Waals surface area contributed by atoms with Crippen LogP contribution in [-0.2, 0) is 14.3 Å². The van der Waals surface area contributed by atoms with E-state index in [1.807, 2.05) is 19.1 Å². The number of aliphatic hydroxyl groups is 1. The molecule has 0 aromatic rings. The lowest BCUT2D eigenvalue weighted by Gasteiger charge is -2.15. The predicted molar refractivity (Wildman–Crippen MR) is 72.6 cm³/mol. The molecule has 0 spiro atoms. The van der Waals surface area contributed by atoms with Crippen LogP contribution in [-0.4, -0.2) is 30.1 Å². The van der Waals surface area contributed by atoms with Gasteiger partial charge in [-0.25, -0.2) is 0 Å². The lowest BCUT2D eigenvalue weighted by atomic mass is 9.89. The molecular formula is C14H19ClO4. The first-order valence-electron chi connectivity index (χ1n) is 6.43. The molecule has 0 fully saturated rings. The number of Topliss-reactive ketones (excluding diaryl/α,β-unsaturated/α-hetero) is 1. The molecule has 0 saturated heterocycles. The number of aliphatic hydroxyl groups excluding tert-OH is 1. The van der Waals surface area contributed by atoms with E-state index in [2.05, 4.69) is 0 Å². The molecule has 2 atom stereocenters. The van der Waals surface area contributed by atoms with Gasteiger partial charge >= 0.3 is 5.97 Å². The molecule has 5 heteroatoms. The number of halogens is 1. The van der Waals surface area contributed by atoms with Crippen molar-refractivity contribution in [1.29, 1.82) is 0 Å². The van der Waals surface area contributed by atoms with E-state index in [-0.39, 0.29) is 42.3 Å². The number of allylic oxidation sites excluding steroid dienone is 4. The van der Waals surface area contributed by atoms with Gasteiger partial charge in [0.1, 0.15) is 6.61 Å². The molecule has 0 heterocycles. The maximum Gasteiger partial charge on any atom is 0.306 e. The maximum atomic E-state index is 11.9. The van der Waals surface area contributed by atoms with Crippen molar-refractivity contribution in [2.24, 2.45) is 11.8 Å². The number of rotatable bonds is 7. The molecule has 0 amide bonds. The number of ketones is 1. The Hall–Kier alpha value is -1.13. The Morgan fingerprint density at radius 1 is 1.53 bits per heavy atom. The number of carbonyl (C=O) groups is 2. The van der Waals surface area contributed by atoms with Crippen LogP contribution in [0, 0.1) is 11.8 Å². The molecule has 0 aliphatic heterocycles.